The number of carbonyl (C=O) groups is 1. The number of aromatic nitrogens is 1. The van der Waals surface area contributed by atoms with E-state index in [9.17, 15) is 4.79 Å². The number of thiophene rings is 1. The summed E-state index contributed by atoms with van der Waals surface area (Å²) in [5, 5.41) is 15.4. The summed E-state index contributed by atoms with van der Waals surface area (Å²) in [5.41, 5.74) is 1.27. The van der Waals surface area contributed by atoms with Gasteiger partial charge in [-0.3, -0.25) is 4.79 Å². The van der Waals surface area contributed by atoms with Crippen LogP contribution in [0.4, 0.5) is 0 Å². The third-order valence-electron chi connectivity index (χ3n) is 3.48. The van der Waals surface area contributed by atoms with E-state index in [1.165, 1.54) is 15.8 Å². The Bertz CT molecular complexity index is 545. The van der Waals surface area contributed by atoms with Crippen LogP contribution in [0.15, 0.2) is 17.6 Å². The molecule has 0 aliphatic carbocycles. The Morgan fingerprint density at radius 2 is 2.41 bits per heavy atom. The van der Waals surface area contributed by atoms with Gasteiger partial charge in [-0.05, 0) is 42.3 Å². The monoisotopic (exact) mass is 250 g/mol. The molecule has 0 spiro atoms. The lowest BCUT2D eigenvalue weighted by Crippen LogP contribution is -2.42. The van der Waals surface area contributed by atoms with E-state index < -0.39 is 12.0 Å². The van der Waals surface area contributed by atoms with Gasteiger partial charge in [-0.2, -0.15) is 0 Å². The van der Waals surface area contributed by atoms with Gasteiger partial charge in [0.25, 0.3) is 0 Å². The molecule has 5 heteroatoms. The van der Waals surface area contributed by atoms with Crippen LogP contribution in [0.2, 0.25) is 0 Å². The molecule has 2 aromatic heterocycles. The average molecular weight is 250 g/mol. The minimum Gasteiger partial charge on any atom is -0.480 e. The lowest BCUT2D eigenvalue weighted by Gasteiger charge is -2.27. The van der Waals surface area contributed by atoms with E-state index in [0.29, 0.717) is 12.3 Å². The Hall–Kier alpha value is -1.33. The highest BCUT2D eigenvalue weighted by atomic mass is 32.1. The summed E-state index contributed by atoms with van der Waals surface area (Å²) in [6, 6.07) is 1.71. The molecule has 1 fully saturated rings. The fourth-order valence-corrected chi connectivity index (χ4v) is 3.38. The molecule has 0 bridgehead atoms. The van der Waals surface area contributed by atoms with Crippen LogP contribution in [0.1, 0.15) is 24.3 Å². The smallest absolute Gasteiger partial charge is 0.320 e. The van der Waals surface area contributed by atoms with Crippen molar-refractivity contribution in [1.82, 2.24) is 10.3 Å². The number of carboxylic acids is 1. The SMILES string of the molecule is O=C(O)C1CC(c2c[nH]c3sccc23)CCN1. The highest BCUT2D eigenvalue weighted by Gasteiger charge is 2.28. The van der Waals surface area contributed by atoms with Crippen molar-refractivity contribution in [3.63, 3.8) is 0 Å². The molecule has 2 unspecified atom stereocenters. The van der Waals surface area contributed by atoms with Gasteiger partial charge in [0, 0.05) is 11.6 Å². The zero-order chi connectivity index (χ0) is 11.8. The van der Waals surface area contributed by atoms with Crippen molar-refractivity contribution >= 4 is 27.5 Å². The van der Waals surface area contributed by atoms with E-state index in [1.807, 2.05) is 6.20 Å². The maximum absolute atomic E-state index is 11.0. The van der Waals surface area contributed by atoms with Crippen LogP contribution in [0, 0.1) is 0 Å². The molecule has 4 nitrogen and oxygen atoms in total. The van der Waals surface area contributed by atoms with Gasteiger partial charge in [0.05, 0.1) is 4.83 Å². The molecular weight excluding hydrogens is 236 g/mol. The van der Waals surface area contributed by atoms with Crippen LogP contribution in [-0.2, 0) is 4.79 Å². The first-order valence-corrected chi connectivity index (χ1v) is 6.64. The fourth-order valence-electron chi connectivity index (χ4n) is 2.60. The van der Waals surface area contributed by atoms with Gasteiger partial charge >= 0.3 is 5.97 Å². The molecule has 2 aromatic rings. The second-order valence-electron chi connectivity index (χ2n) is 4.47. The molecule has 0 amide bonds. The van der Waals surface area contributed by atoms with Crippen LogP contribution in [0.5, 0.6) is 0 Å². The summed E-state index contributed by atoms with van der Waals surface area (Å²) in [7, 11) is 0. The number of aromatic amines is 1. The molecule has 2 atom stereocenters. The maximum atomic E-state index is 11.0. The zero-order valence-electron chi connectivity index (χ0n) is 9.27. The topological polar surface area (TPSA) is 65.1 Å². The van der Waals surface area contributed by atoms with Crippen LogP contribution < -0.4 is 5.32 Å². The van der Waals surface area contributed by atoms with Crippen LogP contribution in [0.25, 0.3) is 10.2 Å². The number of piperidine rings is 1. The quantitative estimate of drug-likeness (QED) is 0.765. The van der Waals surface area contributed by atoms with E-state index >= 15 is 0 Å². The summed E-state index contributed by atoms with van der Waals surface area (Å²) < 4.78 is 0. The van der Waals surface area contributed by atoms with E-state index in [-0.39, 0.29) is 0 Å². The molecule has 3 rings (SSSR count). The number of aliphatic carboxylic acids is 1. The first-order valence-electron chi connectivity index (χ1n) is 5.76. The number of carboxylic acid groups (broad SMARTS) is 1. The van der Waals surface area contributed by atoms with E-state index in [0.717, 1.165) is 13.0 Å². The van der Waals surface area contributed by atoms with Gasteiger partial charge in [0.2, 0.25) is 0 Å². The number of nitrogens with one attached hydrogen (secondary N) is 2. The minimum atomic E-state index is -0.744. The standard InChI is InChI=1S/C12H14N2O2S/c15-12(16)10-5-7(1-3-13-10)9-6-14-11-8(9)2-4-17-11/h2,4,6-7,10,13-14H,1,3,5H2,(H,15,16). The lowest BCUT2D eigenvalue weighted by atomic mass is 9.87. The summed E-state index contributed by atoms with van der Waals surface area (Å²) in [6.07, 6.45) is 3.72. The lowest BCUT2D eigenvalue weighted by molar-refractivity contribution is -0.140. The van der Waals surface area contributed by atoms with E-state index in [2.05, 4.69) is 21.7 Å². The number of H-pyrrole nitrogens is 1. The summed E-state index contributed by atoms with van der Waals surface area (Å²) in [5.74, 6) is -0.396. The number of hydrogen-bond donors (Lipinski definition) is 3. The third kappa shape index (κ3) is 1.85. The maximum Gasteiger partial charge on any atom is 0.320 e. The van der Waals surface area contributed by atoms with Crippen molar-refractivity contribution in [1.29, 1.82) is 0 Å². The zero-order valence-corrected chi connectivity index (χ0v) is 10.1. The summed E-state index contributed by atoms with van der Waals surface area (Å²) in [6.45, 7) is 0.776. The number of hydrogen-bond acceptors (Lipinski definition) is 3. The molecule has 0 aromatic carbocycles. The molecule has 1 aliphatic rings. The van der Waals surface area contributed by atoms with Gasteiger partial charge in [-0.1, -0.05) is 0 Å². The second-order valence-corrected chi connectivity index (χ2v) is 5.39. The Labute approximate surface area is 103 Å². The first kappa shape index (κ1) is 10.8. The van der Waals surface area contributed by atoms with Crippen molar-refractivity contribution in [2.45, 2.75) is 24.8 Å². The van der Waals surface area contributed by atoms with Crippen LogP contribution >= 0.6 is 11.3 Å². The Morgan fingerprint density at radius 3 is 3.24 bits per heavy atom. The minimum absolute atomic E-state index is 0.348. The largest absolute Gasteiger partial charge is 0.480 e. The molecule has 90 valence electrons. The summed E-state index contributed by atoms with van der Waals surface area (Å²) in [4.78, 5) is 15.5. The number of fused-ring (bicyclic) bond motifs is 1. The highest BCUT2D eigenvalue weighted by Crippen LogP contribution is 2.34. The van der Waals surface area contributed by atoms with E-state index in [1.54, 1.807) is 11.3 Å². The van der Waals surface area contributed by atoms with Gasteiger partial charge in [-0.15, -0.1) is 11.3 Å². The molecule has 3 heterocycles. The van der Waals surface area contributed by atoms with Gasteiger partial charge in [-0.25, -0.2) is 0 Å². The normalized spacial score (nSPS) is 25.2. The second kappa shape index (κ2) is 4.16. The van der Waals surface area contributed by atoms with Crippen molar-refractivity contribution in [2.24, 2.45) is 0 Å². The fraction of sp³-hybridized carbons (Fsp3) is 0.417. The predicted octanol–water partition coefficient (Wildman–Crippen LogP) is 2.15. The average Bonchev–Trinajstić information content (AvgIpc) is 2.90. The molecule has 1 saturated heterocycles. The third-order valence-corrected chi connectivity index (χ3v) is 4.32. The molecule has 3 N–H and O–H groups in total. The van der Waals surface area contributed by atoms with Crippen molar-refractivity contribution < 1.29 is 9.90 Å². The first-order chi connectivity index (χ1) is 8.25. The Balaban J connectivity index is 1.89. The molecule has 17 heavy (non-hydrogen) atoms. The predicted molar refractivity (Wildman–Crippen MR) is 67.6 cm³/mol. The van der Waals surface area contributed by atoms with E-state index in [4.69, 9.17) is 5.11 Å². The van der Waals surface area contributed by atoms with Crippen molar-refractivity contribution in [2.75, 3.05) is 6.54 Å². The number of rotatable bonds is 2. The summed E-state index contributed by atoms with van der Waals surface area (Å²) >= 11 is 1.69. The Kier molecular flexibility index (Phi) is 2.64. The van der Waals surface area contributed by atoms with Crippen LogP contribution in [-0.4, -0.2) is 28.6 Å². The van der Waals surface area contributed by atoms with Crippen molar-refractivity contribution in [3.8, 4) is 0 Å². The van der Waals surface area contributed by atoms with Gasteiger partial charge in [0.1, 0.15) is 6.04 Å². The molecular formula is C12H14N2O2S. The van der Waals surface area contributed by atoms with Crippen molar-refractivity contribution in [3.05, 3.63) is 23.2 Å². The molecule has 1 aliphatic heterocycles. The molecule has 0 radical (unpaired) electrons. The van der Waals surface area contributed by atoms with Gasteiger partial charge < -0.3 is 15.4 Å². The van der Waals surface area contributed by atoms with Gasteiger partial charge in [0.15, 0.2) is 0 Å². The highest BCUT2D eigenvalue weighted by molar-refractivity contribution is 7.16. The molecule has 0 saturated carbocycles. The van der Waals surface area contributed by atoms with Crippen LogP contribution in [0.3, 0.4) is 0 Å². The Morgan fingerprint density at radius 1 is 1.53 bits per heavy atom.